The molecule has 28 heavy (non-hydrogen) atoms. The van der Waals surface area contributed by atoms with Crippen LogP contribution in [0.15, 0.2) is 42.5 Å². The van der Waals surface area contributed by atoms with Crippen LogP contribution >= 0.6 is 11.6 Å². The van der Waals surface area contributed by atoms with E-state index in [4.69, 9.17) is 25.8 Å². The van der Waals surface area contributed by atoms with Crippen LogP contribution in [0.4, 0.5) is 0 Å². The molecule has 0 aromatic heterocycles. The van der Waals surface area contributed by atoms with Crippen molar-refractivity contribution in [1.82, 2.24) is 5.32 Å². The minimum atomic E-state index is -0.159. The number of methoxy groups -OCH3 is 3. The average Bonchev–Trinajstić information content (AvgIpc) is 2.70. The Hall–Kier alpha value is -2.66. The fourth-order valence-corrected chi connectivity index (χ4v) is 3.04. The summed E-state index contributed by atoms with van der Waals surface area (Å²) in [5, 5.41) is 3.40. The van der Waals surface area contributed by atoms with Gasteiger partial charge in [-0.1, -0.05) is 23.7 Å². The van der Waals surface area contributed by atoms with E-state index in [0.29, 0.717) is 16.5 Å². The number of ether oxygens (including phenoxy) is 3. The van der Waals surface area contributed by atoms with Crippen molar-refractivity contribution in [2.45, 2.75) is 25.8 Å². The molecule has 0 heterocycles. The first-order valence-electron chi connectivity index (χ1n) is 8.99. The van der Waals surface area contributed by atoms with Crippen molar-refractivity contribution in [3.63, 3.8) is 0 Å². The van der Waals surface area contributed by atoms with Gasteiger partial charge in [-0.3, -0.25) is 4.79 Å². The highest BCUT2D eigenvalue weighted by molar-refractivity contribution is 6.32. The number of hydrogen-bond donors (Lipinski definition) is 1. The predicted molar refractivity (Wildman–Crippen MR) is 113 cm³/mol. The molecule has 0 saturated carbocycles. The van der Waals surface area contributed by atoms with Crippen molar-refractivity contribution in [2.24, 2.45) is 0 Å². The van der Waals surface area contributed by atoms with Gasteiger partial charge in [0.05, 0.1) is 26.4 Å². The van der Waals surface area contributed by atoms with E-state index < -0.39 is 0 Å². The van der Waals surface area contributed by atoms with Gasteiger partial charge >= 0.3 is 0 Å². The molecule has 5 nitrogen and oxygen atoms in total. The number of aryl methyl sites for hydroxylation is 1. The quantitative estimate of drug-likeness (QED) is 0.625. The number of carbonyl (C=O) groups is 1. The monoisotopic (exact) mass is 403 g/mol. The summed E-state index contributed by atoms with van der Waals surface area (Å²) < 4.78 is 15.6. The van der Waals surface area contributed by atoms with Gasteiger partial charge in [-0.05, 0) is 61.2 Å². The zero-order valence-electron chi connectivity index (χ0n) is 16.6. The number of nitrogens with one attached hydrogen (secondary N) is 1. The van der Waals surface area contributed by atoms with Gasteiger partial charge in [0, 0.05) is 12.1 Å². The molecule has 0 aliphatic rings. The Kier molecular flexibility index (Phi) is 8.20. The maximum absolute atomic E-state index is 12.2. The molecule has 0 aliphatic carbocycles. The van der Waals surface area contributed by atoms with Gasteiger partial charge in [0.25, 0.3) is 0 Å². The van der Waals surface area contributed by atoms with Gasteiger partial charge < -0.3 is 19.5 Å². The average molecular weight is 404 g/mol. The topological polar surface area (TPSA) is 56.8 Å². The van der Waals surface area contributed by atoms with Crippen LogP contribution in [0, 0.1) is 0 Å². The zero-order chi connectivity index (χ0) is 20.5. The van der Waals surface area contributed by atoms with E-state index in [1.165, 1.54) is 18.7 Å². The third-order valence-corrected chi connectivity index (χ3v) is 4.58. The first-order chi connectivity index (χ1) is 13.5. The molecule has 1 unspecified atom stereocenters. The van der Waals surface area contributed by atoms with Crippen LogP contribution in [0.3, 0.4) is 0 Å². The molecular formula is C22H26ClNO4. The van der Waals surface area contributed by atoms with Gasteiger partial charge in [-0.15, -0.1) is 0 Å². The van der Waals surface area contributed by atoms with Gasteiger partial charge in [-0.2, -0.15) is 0 Å². The summed E-state index contributed by atoms with van der Waals surface area (Å²) in [7, 11) is 4.72. The Morgan fingerprint density at radius 1 is 1.11 bits per heavy atom. The smallest absolute Gasteiger partial charge is 0.244 e. The number of halogens is 1. The van der Waals surface area contributed by atoms with E-state index in [1.54, 1.807) is 32.4 Å². The standard InChI is InChI=1S/C22H26ClNO4/c1-15(5-6-16-7-10-18(26-2)11-8-16)24-21(25)12-9-17-13-19(23)22(28-4)20(14-17)27-3/h7-15H,5-6H2,1-4H3,(H,24,25)/b12-9+. The number of amides is 1. The molecule has 1 amide bonds. The Morgan fingerprint density at radius 3 is 2.43 bits per heavy atom. The van der Waals surface area contributed by atoms with Gasteiger partial charge in [0.2, 0.25) is 5.91 Å². The van der Waals surface area contributed by atoms with E-state index >= 15 is 0 Å². The van der Waals surface area contributed by atoms with Crippen LogP contribution in [0.2, 0.25) is 5.02 Å². The highest BCUT2D eigenvalue weighted by Crippen LogP contribution is 2.36. The lowest BCUT2D eigenvalue weighted by Crippen LogP contribution is -2.31. The van der Waals surface area contributed by atoms with Crippen molar-refractivity contribution in [3.8, 4) is 17.2 Å². The number of benzene rings is 2. The van der Waals surface area contributed by atoms with E-state index in [2.05, 4.69) is 5.32 Å². The normalized spacial score (nSPS) is 11.9. The van der Waals surface area contributed by atoms with Crippen molar-refractivity contribution in [2.75, 3.05) is 21.3 Å². The second-order valence-electron chi connectivity index (χ2n) is 6.37. The Labute approximate surface area is 171 Å². The molecule has 6 heteroatoms. The highest BCUT2D eigenvalue weighted by atomic mass is 35.5. The van der Waals surface area contributed by atoms with E-state index in [1.807, 2.05) is 31.2 Å². The van der Waals surface area contributed by atoms with Crippen LogP contribution in [0.1, 0.15) is 24.5 Å². The SMILES string of the molecule is COc1ccc(CCC(C)NC(=O)/C=C/c2cc(Cl)c(OC)c(OC)c2)cc1. The molecule has 2 aromatic rings. The molecule has 150 valence electrons. The number of carbonyl (C=O) groups excluding carboxylic acids is 1. The minimum Gasteiger partial charge on any atom is -0.497 e. The maximum Gasteiger partial charge on any atom is 0.244 e. The van der Waals surface area contributed by atoms with Crippen LogP contribution in [-0.4, -0.2) is 33.3 Å². The van der Waals surface area contributed by atoms with E-state index in [9.17, 15) is 4.79 Å². The molecule has 0 radical (unpaired) electrons. The lowest BCUT2D eigenvalue weighted by atomic mass is 10.1. The third-order valence-electron chi connectivity index (χ3n) is 4.30. The Morgan fingerprint density at radius 2 is 1.82 bits per heavy atom. The van der Waals surface area contributed by atoms with E-state index in [0.717, 1.165) is 24.2 Å². The fraction of sp³-hybridized carbons (Fsp3) is 0.318. The second-order valence-corrected chi connectivity index (χ2v) is 6.78. The second kappa shape index (κ2) is 10.6. The molecule has 0 spiro atoms. The largest absolute Gasteiger partial charge is 0.497 e. The van der Waals surface area contributed by atoms with E-state index in [-0.39, 0.29) is 11.9 Å². The summed E-state index contributed by atoms with van der Waals surface area (Å²) in [5.74, 6) is 1.67. The minimum absolute atomic E-state index is 0.0493. The van der Waals surface area contributed by atoms with Crippen LogP contribution < -0.4 is 19.5 Å². The van der Waals surface area contributed by atoms with Crippen molar-refractivity contribution in [1.29, 1.82) is 0 Å². The molecule has 0 bridgehead atoms. The van der Waals surface area contributed by atoms with Crippen molar-refractivity contribution < 1.29 is 19.0 Å². The van der Waals surface area contributed by atoms with Crippen molar-refractivity contribution >= 4 is 23.6 Å². The summed E-state index contributed by atoms with van der Waals surface area (Å²) in [6.45, 7) is 1.99. The molecule has 0 saturated heterocycles. The van der Waals surface area contributed by atoms with Crippen LogP contribution in [0.5, 0.6) is 17.2 Å². The Balaban J connectivity index is 1.89. The summed E-state index contributed by atoms with van der Waals surface area (Å²) in [5.41, 5.74) is 1.96. The first-order valence-corrected chi connectivity index (χ1v) is 9.37. The summed E-state index contributed by atoms with van der Waals surface area (Å²) in [4.78, 5) is 12.2. The van der Waals surface area contributed by atoms with Crippen LogP contribution in [0.25, 0.3) is 6.08 Å². The molecular weight excluding hydrogens is 378 g/mol. The summed E-state index contributed by atoms with van der Waals surface area (Å²) >= 11 is 6.18. The zero-order valence-corrected chi connectivity index (χ0v) is 17.4. The Bertz CT molecular complexity index is 818. The molecule has 0 aliphatic heterocycles. The van der Waals surface area contributed by atoms with Crippen LogP contribution in [-0.2, 0) is 11.2 Å². The van der Waals surface area contributed by atoms with Crippen molar-refractivity contribution in [3.05, 3.63) is 58.6 Å². The lowest BCUT2D eigenvalue weighted by Gasteiger charge is -2.13. The molecule has 2 aromatic carbocycles. The fourth-order valence-electron chi connectivity index (χ4n) is 2.74. The molecule has 2 rings (SSSR count). The maximum atomic E-state index is 12.2. The van der Waals surface area contributed by atoms with Gasteiger partial charge in [-0.25, -0.2) is 0 Å². The molecule has 1 atom stereocenters. The number of hydrogen-bond acceptors (Lipinski definition) is 4. The van der Waals surface area contributed by atoms with Gasteiger partial charge in [0.1, 0.15) is 5.75 Å². The highest BCUT2D eigenvalue weighted by Gasteiger charge is 2.10. The third kappa shape index (κ3) is 6.20. The predicted octanol–water partition coefficient (Wildman–Crippen LogP) is 4.52. The molecule has 1 N–H and O–H groups in total. The number of rotatable bonds is 9. The van der Waals surface area contributed by atoms with Gasteiger partial charge in [0.15, 0.2) is 11.5 Å². The first kappa shape index (κ1) is 21.6. The summed E-state index contributed by atoms with van der Waals surface area (Å²) in [6.07, 6.45) is 4.90. The summed E-state index contributed by atoms with van der Waals surface area (Å²) in [6, 6.07) is 11.5. The molecule has 0 fully saturated rings. The lowest BCUT2D eigenvalue weighted by molar-refractivity contribution is -0.117.